The molecule has 0 spiro atoms. The van der Waals surface area contributed by atoms with Crippen LogP contribution in [0.4, 0.5) is 0 Å². The van der Waals surface area contributed by atoms with Crippen LogP contribution in [0.15, 0.2) is 49.3 Å². The number of fused-ring (bicyclic) bond motifs is 2. The number of nitrogens with zero attached hydrogens (tertiary/aromatic N) is 5. The second-order valence-electron chi connectivity index (χ2n) is 9.52. The van der Waals surface area contributed by atoms with E-state index in [9.17, 15) is 0 Å². The molecular formula is C27H33N5. The summed E-state index contributed by atoms with van der Waals surface area (Å²) in [5, 5.41) is 0. The Kier molecular flexibility index (Phi) is 6.34. The first-order valence-electron chi connectivity index (χ1n) is 12.2. The third-order valence-corrected chi connectivity index (χ3v) is 7.62. The maximum atomic E-state index is 4.15. The van der Waals surface area contributed by atoms with E-state index in [1.807, 2.05) is 18.5 Å². The Bertz CT molecular complexity index is 955. The third-order valence-electron chi connectivity index (χ3n) is 7.62. The molecule has 166 valence electrons. The van der Waals surface area contributed by atoms with E-state index >= 15 is 0 Å². The second-order valence-corrected chi connectivity index (χ2v) is 9.52. The first kappa shape index (κ1) is 21.3. The van der Waals surface area contributed by atoms with Gasteiger partial charge in [0.25, 0.3) is 0 Å². The summed E-state index contributed by atoms with van der Waals surface area (Å²) in [7, 11) is 0. The summed E-state index contributed by atoms with van der Waals surface area (Å²) in [6.07, 6.45) is 24.0. The van der Waals surface area contributed by atoms with Crippen molar-refractivity contribution in [3.8, 4) is 11.8 Å². The van der Waals surface area contributed by atoms with Crippen molar-refractivity contribution in [2.45, 2.75) is 62.4 Å². The Hall–Kier alpha value is -2.55. The van der Waals surface area contributed by atoms with E-state index in [1.165, 1.54) is 83.1 Å². The molecule has 0 N–H and O–H groups in total. The molecule has 6 rings (SSSR count). The fourth-order valence-electron chi connectivity index (χ4n) is 6.01. The lowest BCUT2D eigenvalue weighted by atomic mass is 9.93. The lowest BCUT2D eigenvalue weighted by Gasteiger charge is -2.28. The lowest BCUT2D eigenvalue weighted by molar-refractivity contribution is 0.251. The molecule has 6 heterocycles. The first-order valence-corrected chi connectivity index (χ1v) is 12.2. The molecule has 4 aliphatic heterocycles. The predicted octanol–water partition coefficient (Wildman–Crippen LogP) is 4.18. The van der Waals surface area contributed by atoms with Crippen LogP contribution < -0.4 is 0 Å². The van der Waals surface area contributed by atoms with Crippen LogP contribution in [0.2, 0.25) is 0 Å². The number of pyridine rings is 1. The van der Waals surface area contributed by atoms with Gasteiger partial charge in [-0.1, -0.05) is 30.1 Å². The number of aromatic nitrogens is 3. The molecule has 0 radical (unpaired) electrons. The van der Waals surface area contributed by atoms with Crippen LogP contribution in [-0.4, -0.2) is 62.0 Å². The maximum Gasteiger partial charge on any atom is 0.115 e. The Labute approximate surface area is 192 Å². The summed E-state index contributed by atoms with van der Waals surface area (Å²) in [6, 6.07) is 4.12. The molecule has 4 aliphatic rings. The van der Waals surface area contributed by atoms with Gasteiger partial charge in [-0.3, -0.25) is 14.8 Å². The van der Waals surface area contributed by atoms with E-state index in [1.54, 1.807) is 18.7 Å². The SMILES string of the molecule is C(#CC12CCCN1CCC2)c1cncnc1.C(=C\C12CCCN1CCC2)/c1cccnc1. The summed E-state index contributed by atoms with van der Waals surface area (Å²) in [5.41, 5.74) is 2.71. The van der Waals surface area contributed by atoms with Crippen LogP contribution in [-0.2, 0) is 0 Å². The van der Waals surface area contributed by atoms with E-state index in [0.717, 1.165) is 5.56 Å². The van der Waals surface area contributed by atoms with Crippen LogP contribution in [0.1, 0.15) is 62.5 Å². The Balaban J connectivity index is 0.000000135. The molecule has 0 bridgehead atoms. The van der Waals surface area contributed by atoms with Crippen LogP contribution >= 0.6 is 0 Å². The minimum Gasteiger partial charge on any atom is -0.294 e. The minimum atomic E-state index is 0.176. The van der Waals surface area contributed by atoms with Crippen molar-refractivity contribution >= 4 is 6.08 Å². The minimum absolute atomic E-state index is 0.176. The second kappa shape index (κ2) is 9.52. The van der Waals surface area contributed by atoms with Crippen molar-refractivity contribution in [1.29, 1.82) is 0 Å². The van der Waals surface area contributed by atoms with Gasteiger partial charge in [-0.25, -0.2) is 9.97 Å². The van der Waals surface area contributed by atoms with Crippen molar-refractivity contribution in [2.24, 2.45) is 0 Å². The zero-order chi connectivity index (χ0) is 21.7. The summed E-state index contributed by atoms with van der Waals surface area (Å²) in [5.74, 6) is 6.70. The zero-order valence-electron chi connectivity index (χ0n) is 18.9. The number of hydrogen-bond donors (Lipinski definition) is 0. The molecule has 0 aliphatic carbocycles. The molecule has 4 saturated heterocycles. The average Bonchev–Trinajstić information content (AvgIpc) is 3.59. The van der Waals surface area contributed by atoms with E-state index in [2.05, 4.69) is 54.8 Å². The van der Waals surface area contributed by atoms with Crippen LogP contribution in [0, 0.1) is 11.8 Å². The van der Waals surface area contributed by atoms with Crippen molar-refractivity contribution in [3.05, 3.63) is 60.5 Å². The molecule has 0 amide bonds. The fraction of sp³-hybridized carbons (Fsp3) is 0.519. The highest BCUT2D eigenvalue weighted by Crippen LogP contribution is 2.40. The van der Waals surface area contributed by atoms with Gasteiger partial charge >= 0.3 is 0 Å². The molecular weight excluding hydrogens is 394 g/mol. The highest BCUT2D eigenvalue weighted by molar-refractivity contribution is 5.49. The van der Waals surface area contributed by atoms with Gasteiger partial charge < -0.3 is 0 Å². The summed E-state index contributed by atoms with van der Waals surface area (Å²) < 4.78 is 0. The molecule has 0 unspecified atom stereocenters. The van der Waals surface area contributed by atoms with Gasteiger partial charge in [0.15, 0.2) is 0 Å². The molecule has 2 aromatic rings. The highest BCUT2D eigenvalue weighted by atomic mass is 15.2. The van der Waals surface area contributed by atoms with Gasteiger partial charge in [0.1, 0.15) is 6.33 Å². The van der Waals surface area contributed by atoms with Crippen molar-refractivity contribution in [3.63, 3.8) is 0 Å². The van der Waals surface area contributed by atoms with E-state index in [4.69, 9.17) is 0 Å². The Morgan fingerprint density at radius 3 is 2.19 bits per heavy atom. The molecule has 32 heavy (non-hydrogen) atoms. The summed E-state index contributed by atoms with van der Waals surface area (Å²) in [4.78, 5) is 17.3. The first-order chi connectivity index (χ1) is 15.8. The number of hydrogen-bond acceptors (Lipinski definition) is 5. The van der Waals surface area contributed by atoms with Crippen molar-refractivity contribution in [1.82, 2.24) is 24.8 Å². The Morgan fingerprint density at radius 2 is 1.50 bits per heavy atom. The third kappa shape index (κ3) is 4.48. The van der Waals surface area contributed by atoms with Gasteiger partial charge in [0, 0.05) is 30.3 Å². The topological polar surface area (TPSA) is 45.2 Å². The molecule has 0 atom stereocenters. The van der Waals surface area contributed by atoms with Gasteiger partial charge in [0.2, 0.25) is 0 Å². The van der Waals surface area contributed by atoms with Gasteiger partial charge in [0.05, 0.1) is 11.1 Å². The molecule has 5 nitrogen and oxygen atoms in total. The maximum absolute atomic E-state index is 4.15. The smallest absolute Gasteiger partial charge is 0.115 e. The van der Waals surface area contributed by atoms with E-state index in [-0.39, 0.29) is 5.54 Å². The number of rotatable bonds is 2. The zero-order valence-corrected chi connectivity index (χ0v) is 18.9. The van der Waals surface area contributed by atoms with Crippen LogP contribution in [0.3, 0.4) is 0 Å². The van der Waals surface area contributed by atoms with Crippen molar-refractivity contribution < 1.29 is 0 Å². The van der Waals surface area contributed by atoms with Crippen LogP contribution in [0.25, 0.3) is 6.08 Å². The molecule has 0 aromatic carbocycles. The fourth-order valence-corrected chi connectivity index (χ4v) is 6.01. The van der Waals surface area contributed by atoms with E-state index in [0.29, 0.717) is 5.54 Å². The van der Waals surface area contributed by atoms with Crippen LogP contribution in [0.5, 0.6) is 0 Å². The summed E-state index contributed by atoms with van der Waals surface area (Å²) in [6.45, 7) is 5.02. The average molecular weight is 428 g/mol. The highest BCUT2D eigenvalue weighted by Gasteiger charge is 2.43. The monoisotopic (exact) mass is 427 g/mol. The molecule has 0 saturated carbocycles. The lowest BCUT2D eigenvalue weighted by Crippen LogP contribution is -2.36. The van der Waals surface area contributed by atoms with E-state index < -0.39 is 0 Å². The summed E-state index contributed by atoms with van der Waals surface area (Å²) >= 11 is 0. The predicted molar refractivity (Wildman–Crippen MR) is 128 cm³/mol. The molecule has 5 heteroatoms. The van der Waals surface area contributed by atoms with Crippen molar-refractivity contribution in [2.75, 3.05) is 26.2 Å². The van der Waals surface area contributed by atoms with Gasteiger partial charge in [-0.2, -0.15) is 0 Å². The largest absolute Gasteiger partial charge is 0.294 e. The van der Waals surface area contributed by atoms with Gasteiger partial charge in [-0.05, 0) is 89.2 Å². The Morgan fingerprint density at radius 1 is 0.812 bits per heavy atom. The standard InChI is InChI=1S/C14H18N2.C13H15N3/c1-4-13(12-15-9-1)5-8-14-6-2-10-16(14)11-3-7-14;1-4-13(5-2-8-16(13)7-1)6-3-12-9-14-11-15-10-12/h1,4-5,8-9,12H,2-3,6-7,10-11H2;9-11H,1-2,4-5,7-8H2/b8-5+;. The normalized spacial score (nSPS) is 23.2. The van der Waals surface area contributed by atoms with Gasteiger partial charge in [-0.15, -0.1) is 0 Å². The molecule has 2 aromatic heterocycles. The quantitative estimate of drug-likeness (QED) is 0.673. The molecule has 4 fully saturated rings.